The first-order valence-electron chi connectivity index (χ1n) is 10.5. The molecule has 5 nitrogen and oxygen atoms in total. The summed E-state index contributed by atoms with van der Waals surface area (Å²) >= 11 is 1.40. The van der Waals surface area contributed by atoms with E-state index in [-0.39, 0.29) is 5.91 Å². The third kappa shape index (κ3) is 5.50. The lowest BCUT2D eigenvalue weighted by molar-refractivity contribution is -0.122. The first kappa shape index (κ1) is 22.9. The van der Waals surface area contributed by atoms with Crippen LogP contribution in [0, 0.1) is 19.8 Å². The van der Waals surface area contributed by atoms with Gasteiger partial charge in [-0.25, -0.2) is 4.99 Å². The van der Waals surface area contributed by atoms with E-state index in [0.717, 1.165) is 22.4 Å². The van der Waals surface area contributed by atoms with Crippen molar-refractivity contribution in [2.45, 2.75) is 34.6 Å². The van der Waals surface area contributed by atoms with Gasteiger partial charge in [0.1, 0.15) is 0 Å². The zero-order chi connectivity index (χ0) is 22.5. The van der Waals surface area contributed by atoms with Crippen molar-refractivity contribution in [3.8, 4) is 11.5 Å². The van der Waals surface area contributed by atoms with Gasteiger partial charge in [0.05, 0.1) is 24.3 Å². The second-order valence-corrected chi connectivity index (χ2v) is 8.97. The number of carbonyl (C=O) groups is 1. The molecule has 3 rings (SSSR count). The van der Waals surface area contributed by atoms with Gasteiger partial charge in [-0.05, 0) is 79.4 Å². The number of rotatable bonds is 7. The maximum atomic E-state index is 13.0. The first-order chi connectivity index (χ1) is 14.8. The molecule has 1 aliphatic rings. The third-order valence-corrected chi connectivity index (χ3v) is 5.85. The Morgan fingerprint density at radius 2 is 1.90 bits per heavy atom. The highest BCUT2D eigenvalue weighted by Gasteiger charge is 2.32. The fourth-order valence-corrected chi connectivity index (χ4v) is 4.17. The Morgan fingerprint density at radius 1 is 1.13 bits per heavy atom. The number of aryl methyl sites for hydroxylation is 2. The van der Waals surface area contributed by atoms with Crippen molar-refractivity contribution in [1.29, 1.82) is 0 Å². The molecule has 164 valence electrons. The Labute approximate surface area is 189 Å². The number of hydrogen-bond acceptors (Lipinski definition) is 5. The van der Waals surface area contributed by atoms with Crippen LogP contribution in [0.3, 0.4) is 0 Å². The Balaban J connectivity index is 1.90. The summed E-state index contributed by atoms with van der Waals surface area (Å²) in [4.78, 5) is 20.2. The summed E-state index contributed by atoms with van der Waals surface area (Å²) in [5, 5.41) is 0.705. The normalized spacial score (nSPS) is 16.6. The smallest absolute Gasteiger partial charge is 0.266 e. The number of amides is 1. The number of nitrogens with zero attached hydrogens (tertiary/aromatic N) is 2. The molecule has 0 saturated carbocycles. The average molecular weight is 439 g/mol. The number of benzene rings is 2. The van der Waals surface area contributed by atoms with E-state index in [1.165, 1.54) is 11.8 Å². The third-order valence-electron chi connectivity index (χ3n) is 4.84. The largest absolute Gasteiger partial charge is 0.493 e. The van der Waals surface area contributed by atoms with Gasteiger partial charge in [0.25, 0.3) is 5.91 Å². The number of carbonyl (C=O) groups excluding carboxylic acids is 1. The van der Waals surface area contributed by atoms with Gasteiger partial charge in [-0.1, -0.05) is 32.0 Å². The van der Waals surface area contributed by atoms with E-state index in [9.17, 15) is 4.79 Å². The number of ether oxygens (including phenoxy) is 2. The van der Waals surface area contributed by atoms with Crippen LogP contribution in [0.4, 0.5) is 5.69 Å². The lowest BCUT2D eigenvalue weighted by atomic mass is 10.1. The fraction of sp³-hybridized carbons (Fsp3) is 0.360. The first-order valence-corrected chi connectivity index (χ1v) is 11.3. The summed E-state index contributed by atoms with van der Waals surface area (Å²) < 4.78 is 11.3. The van der Waals surface area contributed by atoms with E-state index < -0.39 is 0 Å². The molecular weight excluding hydrogens is 408 g/mol. The monoisotopic (exact) mass is 438 g/mol. The maximum Gasteiger partial charge on any atom is 0.266 e. The molecule has 1 aliphatic heterocycles. The number of methoxy groups -OCH3 is 1. The number of likely N-dealkylation sites (N-methyl/N-ethyl adjacent to an activating group) is 1. The molecule has 1 saturated heterocycles. The van der Waals surface area contributed by atoms with Gasteiger partial charge in [0.2, 0.25) is 0 Å². The summed E-state index contributed by atoms with van der Waals surface area (Å²) in [5.74, 6) is 1.75. The second-order valence-electron chi connectivity index (χ2n) is 7.96. The fourth-order valence-electron chi connectivity index (χ4n) is 3.11. The van der Waals surface area contributed by atoms with Crippen LogP contribution in [0.2, 0.25) is 0 Å². The Morgan fingerprint density at radius 3 is 2.58 bits per heavy atom. The predicted molar refractivity (Wildman–Crippen MR) is 129 cm³/mol. The Bertz CT molecular complexity index is 1030. The SMILES string of the molecule is CCN1C(=O)/C(=C\c2ccc(OCC(C)C)c(OC)c2)SC1=Nc1cc(C)ccc1C. The molecule has 2 aromatic rings. The predicted octanol–water partition coefficient (Wildman–Crippen LogP) is 5.97. The number of thioether (sulfide) groups is 1. The van der Waals surface area contributed by atoms with Gasteiger partial charge in [-0.3, -0.25) is 9.69 Å². The van der Waals surface area contributed by atoms with Crippen LogP contribution >= 0.6 is 11.8 Å². The van der Waals surface area contributed by atoms with Crippen LogP contribution in [-0.2, 0) is 4.79 Å². The van der Waals surface area contributed by atoms with E-state index in [4.69, 9.17) is 14.5 Å². The highest BCUT2D eigenvalue weighted by molar-refractivity contribution is 8.18. The van der Waals surface area contributed by atoms with E-state index in [0.29, 0.717) is 40.6 Å². The molecule has 0 radical (unpaired) electrons. The van der Waals surface area contributed by atoms with Gasteiger partial charge in [0, 0.05) is 6.54 Å². The molecule has 0 spiro atoms. The summed E-state index contributed by atoms with van der Waals surface area (Å²) in [6, 6.07) is 11.9. The van der Waals surface area contributed by atoms with Crippen LogP contribution in [0.5, 0.6) is 11.5 Å². The molecule has 0 bridgehead atoms. The second kappa shape index (κ2) is 10.1. The van der Waals surface area contributed by atoms with Crippen molar-refractivity contribution in [2.75, 3.05) is 20.3 Å². The van der Waals surface area contributed by atoms with Gasteiger partial charge < -0.3 is 9.47 Å². The van der Waals surface area contributed by atoms with E-state index in [2.05, 4.69) is 26.0 Å². The molecule has 2 aromatic carbocycles. The molecule has 0 N–H and O–H groups in total. The van der Waals surface area contributed by atoms with Crippen LogP contribution < -0.4 is 9.47 Å². The Hall–Kier alpha value is -2.73. The van der Waals surface area contributed by atoms with E-state index >= 15 is 0 Å². The summed E-state index contributed by atoms with van der Waals surface area (Å²) in [7, 11) is 1.62. The minimum atomic E-state index is -0.0318. The zero-order valence-electron chi connectivity index (χ0n) is 19.1. The number of hydrogen-bond donors (Lipinski definition) is 0. The molecule has 0 aliphatic carbocycles. The van der Waals surface area contributed by atoms with Gasteiger partial charge in [-0.2, -0.15) is 0 Å². The van der Waals surface area contributed by atoms with Gasteiger partial charge >= 0.3 is 0 Å². The number of amidine groups is 1. The molecule has 0 aromatic heterocycles. The van der Waals surface area contributed by atoms with Crippen LogP contribution in [-0.4, -0.2) is 36.2 Å². The zero-order valence-corrected chi connectivity index (χ0v) is 19.9. The highest BCUT2D eigenvalue weighted by Crippen LogP contribution is 2.36. The van der Waals surface area contributed by atoms with Crippen molar-refractivity contribution < 1.29 is 14.3 Å². The minimum absolute atomic E-state index is 0.0318. The molecule has 0 atom stereocenters. The summed E-state index contributed by atoms with van der Waals surface area (Å²) in [6.45, 7) is 11.4. The maximum absolute atomic E-state index is 13.0. The summed E-state index contributed by atoms with van der Waals surface area (Å²) in [5.41, 5.74) is 4.00. The average Bonchev–Trinajstić information content (AvgIpc) is 3.03. The molecule has 1 heterocycles. The van der Waals surface area contributed by atoms with Crippen molar-refractivity contribution in [3.05, 3.63) is 58.0 Å². The van der Waals surface area contributed by atoms with Crippen molar-refractivity contribution >= 4 is 34.6 Å². The number of aliphatic imine (C=N–C) groups is 1. The lowest BCUT2D eigenvalue weighted by Crippen LogP contribution is -2.28. The lowest BCUT2D eigenvalue weighted by Gasteiger charge is -2.13. The van der Waals surface area contributed by atoms with Crippen molar-refractivity contribution in [3.63, 3.8) is 0 Å². The van der Waals surface area contributed by atoms with Crippen molar-refractivity contribution in [2.24, 2.45) is 10.9 Å². The van der Waals surface area contributed by atoms with E-state index in [1.54, 1.807) is 12.0 Å². The quantitative estimate of drug-likeness (QED) is 0.500. The molecular formula is C25H30N2O3S. The van der Waals surface area contributed by atoms with Crippen LogP contribution in [0.15, 0.2) is 46.3 Å². The topological polar surface area (TPSA) is 51.1 Å². The van der Waals surface area contributed by atoms with Crippen LogP contribution in [0.25, 0.3) is 6.08 Å². The molecule has 1 amide bonds. The molecule has 6 heteroatoms. The molecule has 0 unspecified atom stereocenters. The van der Waals surface area contributed by atoms with Gasteiger partial charge in [0.15, 0.2) is 16.7 Å². The van der Waals surface area contributed by atoms with Crippen molar-refractivity contribution in [1.82, 2.24) is 4.90 Å². The molecule has 31 heavy (non-hydrogen) atoms. The molecule has 1 fully saturated rings. The minimum Gasteiger partial charge on any atom is -0.493 e. The Kier molecular flexibility index (Phi) is 7.44. The van der Waals surface area contributed by atoms with Crippen LogP contribution in [0.1, 0.15) is 37.5 Å². The van der Waals surface area contributed by atoms with Gasteiger partial charge in [-0.15, -0.1) is 0 Å². The highest BCUT2D eigenvalue weighted by atomic mass is 32.2. The van der Waals surface area contributed by atoms with E-state index in [1.807, 2.05) is 51.1 Å². The standard InChI is InChI=1S/C25H30N2O3S/c1-7-27-24(28)23(31-25(27)26-20-12-17(4)8-9-18(20)5)14-19-10-11-21(22(13-19)29-6)30-15-16(2)3/h8-14,16H,7,15H2,1-6H3/b23-14+,26-25?. The summed E-state index contributed by atoms with van der Waals surface area (Å²) in [6.07, 6.45) is 1.88.